The highest BCUT2D eigenvalue weighted by Crippen LogP contribution is 2.28. The molecule has 1 N–H and O–H groups in total. The van der Waals surface area contributed by atoms with Crippen molar-refractivity contribution in [2.45, 2.75) is 11.1 Å². The Morgan fingerprint density at radius 3 is 2.61 bits per heavy atom. The van der Waals surface area contributed by atoms with Gasteiger partial charge in [-0.25, -0.2) is 13.1 Å². The number of hydrogen-bond acceptors (Lipinski definition) is 6. The molecule has 2 rings (SSSR count). The van der Waals surface area contributed by atoms with E-state index in [1.165, 1.54) is 13.2 Å². The van der Waals surface area contributed by atoms with Gasteiger partial charge in [-0.05, 0) is 52.7 Å². The van der Waals surface area contributed by atoms with Crippen LogP contribution in [-0.2, 0) is 14.8 Å². The van der Waals surface area contributed by atoms with Crippen molar-refractivity contribution in [2.24, 2.45) is 0 Å². The number of amides is 1. The second-order valence-electron chi connectivity index (χ2n) is 4.53. The molecule has 124 valence electrons. The third-order valence-corrected chi connectivity index (χ3v) is 6.23. The van der Waals surface area contributed by atoms with Gasteiger partial charge in [-0.15, -0.1) is 11.3 Å². The Bertz CT molecular complexity index is 816. The van der Waals surface area contributed by atoms with Gasteiger partial charge < -0.3 is 9.47 Å². The van der Waals surface area contributed by atoms with Crippen LogP contribution in [0, 0.1) is 6.92 Å². The first-order valence-electron chi connectivity index (χ1n) is 6.40. The summed E-state index contributed by atoms with van der Waals surface area (Å²) in [5.41, 5.74) is 0.976. The molecule has 0 aliphatic carbocycles. The fourth-order valence-corrected chi connectivity index (χ4v) is 4.69. The molecule has 0 saturated heterocycles. The lowest BCUT2D eigenvalue weighted by atomic mass is 10.2. The molecule has 2 aromatic rings. The van der Waals surface area contributed by atoms with Crippen LogP contribution in [0.3, 0.4) is 0 Å². The number of hydrogen-bond donors (Lipinski definition) is 1. The van der Waals surface area contributed by atoms with Crippen LogP contribution in [0.5, 0.6) is 11.5 Å². The fourth-order valence-electron chi connectivity index (χ4n) is 1.71. The summed E-state index contributed by atoms with van der Waals surface area (Å²) in [5, 5.41) is 0. The number of carbonyl (C=O) groups is 1. The molecule has 1 aromatic heterocycles. The van der Waals surface area contributed by atoms with Crippen molar-refractivity contribution >= 4 is 43.2 Å². The van der Waals surface area contributed by atoms with Crippen LogP contribution >= 0.6 is 27.3 Å². The van der Waals surface area contributed by atoms with Crippen molar-refractivity contribution in [3.05, 3.63) is 39.7 Å². The minimum atomic E-state index is -3.89. The van der Waals surface area contributed by atoms with Gasteiger partial charge in [0, 0.05) is 0 Å². The molecule has 0 radical (unpaired) electrons. The molecule has 0 atom stereocenters. The number of carbonyl (C=O) groups excluding carboxylic acids is 1. The molecule has 0 aliphatic heterocycles. The Balaban J connectivity index is 2.00. The van der Waals surface area contributed by atoms with Gasteiger partial charge in [0.25, 0.3) is 15.9 Å². The van der Waals surface area contributed by atoms with E-state index in [-0.39, 0.29) is 4.21 Å². The zero-order chi connectivity index (χ0) is 17.0. The van der Waals surface area contributed by atoms with Crippen LogP contribution in [-0.4, -0.2) is 28.0 Å². The van der Waals surface area contributed by atoms with Gasteiger partial charge in [0.1, 0.15) is 4.21 Å². The summed E-state index contributed by atoms with van der Waals surface area (Å²) in [5.74, 6) is 0.0736. The SMILES string of the molecule is COc1cc(C)ccc1OCC(=O)NS(=O)(=O)c1ccc(Br)s1. The zero-order valence-electron chi connectivity index (χ0n) is 12.3. The van der Waals surface area contributed by atoms with Crippen LogP contribution in [0.15, 0.2) is 38.3 Å². The number of benzene rings is 1. The molecular weight excluding hydrogens is 406 g/mol. The van der Waals surface area contributed by atoms with Crippen LogP contribution in [0.1, 0.15) is 5.56 Å². The van der Waals surface area contributed by atoms with Crippen LogP contribution in [0.4, 0.5) is 0 Å². The predicted molar refractivity (Wildman–Crippen MR) is 90.6 cm³/mol. The molecule has 9 heteroatoms. The minimum Gasteiger partial charge on any atom is -0.493 e. The monoisotopic (exact) mass is 419 g/mol. The summed E-state index contributed by atoms with van der Waals surface area (Å²) < 4.78 is 37.2. The Hall–Kier alpha value is -1.58. The molecule has 0 saturated carbocycles. The van der Waals surface area contributed by atoms with Gasteiger partial charge >= 0.3 is 0 Å². The topological polar surface area (TPSA) is 81.7 Å². The highest BCUT2D eigenvalue weighted by molar-refractivity contribution is 9.11. The number of sulfonamides is 1. The molecule has 1 heterocycles. The largest absolute Gasteiger partial charge is 0.493 e. The molecule has 6 nitrogen and oxygen atoms in total. The van der Waals surface area contributed by atoms with Gasteiger partial charge in [-0.2, -0.15) is 0 Å². The van der Waals surface area contributed by atoms with E-state index in [2.05, 4.69) is 15.9 Å². The normalized spacial score (nSPS) is 11.1. The van der Waals surface area contributed by atoms with Crippen molar-refractivity contribution in [1.29, 1.82) is 0 Å². The second-order valence-corrected chi connectivity index (χ2v) is 8.90. The van der Waals surface area contributed by atoms with Crippen LogP contribution in [0.25, 0.3) is 0 Å². The Kier molecular flexibility index (Phi) is 5.66. The molecule has 0 aliphatic rings. The van der Waals surface area contributed by atoms with Crippen LogP contribution < -0.4 is 14.2 Å². The van der Waals surface area contributed by atoms with Gasteiger partial charge in [-0.3, -0.25) is 4.79 Å². The fraction of sp³-hybridized carbons (Fsp3) is 0.214. The number of halogens is 1. The number of thiophene rings is 1. The number of ether oxygens (including phenoxy) is 2. The first-order chi connectivity index (χ1) is 10.8. The third kappa shape index (κ3) is 4.69. The van der Waals surface area contributed by atoms with E-state index in [1.54, 1.807) is 24.3 Å². The average Bonchev–Trinajstić information content (AvgIpc) is 2.93. The van der Waals surface area contributed by atoms with E-state index in [0.29, 0.717) is 15.3 Å². The second kappa shape index (κ2) is 7.33. The molecule has 0 fully saturated rings. The highest BCUT2D eigenvalue weighted by atomic mass is 79.9. The molecule has 0 bridgehead atoms. The van der Waals surface area contributed by atoms with E-state index in [4.69, 9.17) is 9.47 Å². The maximum Gasteiger partial charge on any atom is 0.273 e. The molecule has 23 heavy (non-hydrogen) atoms. The van der Waals surface area contributed by atoms with E-state index in [1.807, 2.05) is 11.6 Å². The first-order valence-corrected chi connectivity index (χ1v) is 9.49. The van der Waals surface area contributed by atoms with Crippen LogP contribution in [0.2, 0.25) is 0 Å². The average molecular weight is 420 g/mol. The summed E-state index contributed by atoms with van der Waals surface area (Å²) in [4.78, 5) is 11.8. The van der Waals surface area contributed by atoms with Crippen molar-refractivity contribution < 1.29 is 22.7 Å². The number of rotatable bonds is 6. The van der Waals surface area contributed by atoms with Crippen molar-refractivity contribution in [3.63, 3.8) is 0 Å². The minimum absolute atomic E-state index is 0.0469. The predicted octanol–water partition coefficient (Wildman–Crippen LogP) is 2.71. The quantitative estimate of drug-likeness (QED) is 0.777. The number of nitrogens with one attached hydrogen (secondary N) is 1. The maximum atomic E-state index is 12.0. The first kappa shape index (κ1) is 17.8. The maximum absolute atomic E-state index is 12.0. The number of methoxy groups -OCH3 is 1. The van der Waals surface area contributed by atoms with E-state index in [0.717, 1.165) is 16.9 Å². The summed E-state index contributed by atoms with van der Waals surface area (Å²) in [6.45, 7) is 1.45. The van der Waals surface area contributed by atoms with Gasteiger partial charge in [0.15, 0.2) is 18.1 Å². The van der Waals surface area contributed by atoms with Crippen molar-refractivity contribution in [2.75, 3.05) is 13.7 Å². The highest BCUT2D eigenvalue weighted by Gasteiger charge is 2.20. The standard InChI is InChI=1S/C14H14BrNO5S2/c1-9-3-4-10(11(7-9)20-2)21-8-13(17)16-23(18,19)14-6-5-12(15)22-14/h3-7H,8H2,1-2H3,(H,16,17). The summed E-state index contributed by atoms with van der Waals surface area (Å²) in [6.07, 6.45) is 0. The van der Waals surface area contributed by atoms with E-state index >= 15 is 0 Å². The molecule has 1 aromatic carbocycles. The van der Waals surface area contributed by atoms with E-state index in [9.17, 15) is 13.2 Å². The summed E-state index contributed by atoms with van der Waals surface area (Å²) in [6, 6.07) is 8.22. The van der Waals surface area contributed by atoms with Gasteiger partial charge in [-0.1, -0.05) is 6.07 Å². The Labute approximate surface area is 146 Å². The Morgan fingerprint density at radius 1 is 1.26 bits per heavy atom. The van der Waals surface area contributed by atoms with Crippen molar-refractivity contribution in [1.82, 2.24) is 4.72 Å². The smallest absolute Gasteiger partial charge is 0.273 e. The molecular formula is C14H14BrNO5S2. The lowest BCUT2D eigenvalue weighted by molar-refractivity contribution is -0.121. The lowest BCUT2D eigenvalue weighted by Crippen LogP contribution is -2.34. The van der Waals surface area contributed by atoms with Gasteiger partial charge in [0.2, 0.25) is 0 Å². The third-order valence-electron chi connectivity index (χ3n) is 2.74. The molecule has 0 spiro atoms. The molecule has 1 amide bonds. The summed E-state index contributed by atoms with van der Waals surface area (Å²) >= 11 is 4.19. The number of aryl methyl sites for hydroxylation is 1. The lowest BCUT2D eigenvalue weighted by Gasteiger charge is -2.11. The zero-order valence-corrected chi connectivity index (χ0v) is 15.5. The van der Waals surface area contributed by atoms with Gasteiger partial charge in [0.05, 0.1) is 10.9 Å². The summed E-state index contributed by atoms with van der Waals surface area (Å²) in [7, 11) is -2.40. The Morgan fingerprint density at radius 2 is 2.00 bits per heavy atom. The van der Waals surface area contributed by atoms with Crippen molar-refractivity contribution in [3.8, 4) is 11.5 Å². The van der Waals surface area contributed by atoms with E-state index < -0.39 is 22.5 Å². The molecule has 0 unspecified atom stereocenters.